The summed E-state index contributed by atoms with van der Waals surface area (Å²) in [4.78, 5) is 0. The van der Waals surface area contributed by atoms with Gasteiger partial charge in [-0.2, -0.15) is 16.9 Å². The van der Waals surface area contributed by atoms with Crippen LogP contribution >= 0.6 is 11.8 Å². The van der Waals surface area contributed by atoms with Crippen LogP contribution in [-0.4, -0.2) is 33.9 Å². The Kier molecular flexibility index (Phi) is 5.76. The van der Waals surface area contributed by atoms with Gasteiger partial charge in [-0.1, -0.05) is 13.8 Å². The number of hydrogen-bond acceptors (Lipinski definition) is 3. The van der Waals surface area contributed by atoms with E-state index < -0.39 is 0 Å². The number of aromatic nitrogens is 2. The van der Waals surface area contributed by atoms with Crippen LogP contribution in [-0.2, 0) is 6.42 Å². The smallest absolute Gasteiger partial charge is 0.0628 e. The lowest BCUT2D eigenvalue weighted by Crippen LogP contribution is -2.36. The van der Waals surface area contributed by atoms with E-state index in [0.717, 1.165) is 25.3 Å². The minimum Gasteiger partial charge on any atom is -0.313 e. The molecule has 108 valence electrons. The van der Waals surface area contributed by atoms with Gasteiger partial charge < -0.3 is 5.32 Å². The lowest BCUT2D eigenvalue weighted by atomic mass is 9.98. The molecule has 0 aromatic carbocycles. The molecule has 0 radical (unpaired) electrons. The van der Waals surface area contributed by atoms with E-state index in [4.69, 9.17) is 5.10 Å². The van der Waals surface area contributed by atoms with Crippen molar-refractivity contribution in [3.63, 3.8) is 0 Å². The van der Waals surface area contributed by atoms with Crippen molar-refractivity contribution in [1.82, 2.24) is 15.1 Å². The number of nitrogens with one attached hydrogen (secondary N) is 1. The van der Waals surface area contributed by atoms with Crippen molar-refractivity contribution in [1.29, 1.82) is 0 Å². The Labute approximate surface area is 121 Å². The fourth-order valence-corrected chi connectivity index (χ4v) is 3.98. The maximum atomic E-state index is 4.74. The van der Waals surface area contributed by atoms with Crippen LogP contribution in [0.2, 0.25) is 0 Å². The van der Waals surface area contributed by atoms with Crippen LogP contribution in [0.3, 0.4) is 0 Å². The Hall–Kier alpha value is -0.480. The summed E-state index contributed by atoms with van der Waals surface area (Å²) in [6, 6.07) is 3.39. The van der Waals surface area contributed by atoms with E-state index >= 15 is 0 Å². The number of nitrogens with zero attached hydrogens (tertiary/aromatic N) is 2. The summed E-state index contributed by atoms with van der Waals surface area (Å²) < 4.78 is 2.12. The third-order valence-electron chi connectivity index (χ3n) is 4.03. The van der Waals surface area contributed by atoms with Crippen molar-refractivity contribution >= 4 is 11.8 Å². The van der Waals surface area contributed by atoms with Gasteiger partial charge in [0.15, 0.2) is 0 Å². The van der Waals surface area contributed by atoms with Gasteiger partial charge in [-0.05, 0) is 50.5 Å². The summed E-state index contributed by atoms with van der Waals surface area (Å²) in [5.41, 5.74) is 1.26. The van der Waals surface area contributed by atoms with E-state index in [0.29, 0.717) is 12.1 Å². The van der Waals surface area contributed by atoms with E-state index in [1.54, 1.807) is 0 Å². The Morgan fingerprint density at radius 1 is 1.47 bits per heavy atom. The normalized spacial score (nSPS) is 24.8. The zero-order chi connectivity index (χ0) is 13.7. The molecule has 1 aliphatic heterocycles. The Morgan fingerprint density at radius 2 is 2.32 bits per heavy atom. The molecule has 0 spiro atoms. The Balaban J connectivity index is 1.90. The maximum absolute atomic E-state index is 4.74. The third-order valence-corrected chi connectivity index (χ3v) is 5.29. The molecule has 1 fully saturated rings. The molecule has 1 aromatic heterocycles. The number of hydrogen-bond donors (Lipinski definition) is 1. The molecule has 19 heavy (non-hydrogen) atoms. The first-order valence-corrected chi connectivity index (χ1v) is 8.75. The van der Waals surface area contributed by atoms with Gasteiger partial charge in [0.1, 0.15) is 0 Å². The molecule has 3 unspecified atom stereocenters. The first-order valence-electron chi connectivity index (χ1n) is 7.59. The maximum Gasteiger partial charge on any atom is 0.0628 e. The predicted octanol–water partition coefficient (Wildman–Crippen LogP) is 3.13. The zero-order valence-electron chi connectivity index (χ0n) is 12.4. The van der Waals surface area contributed by atoms with Gasteiger partial charge in [0, 0.05) is 24.0 Å². The van der Waals surface area contributed by atoms with E-state index in [-0.39, 0.29) is 0 Å². The molecule has 2 rings (SSSR count). The topological polar surface area (TPSA) is 29.9 Å². The molecule has 1 N–H and O–H groups in total. The van der Waals surface area contributed by atoms with Crippen LogP contribution in [0.1, 0.15) is 45.3 Å². The Bertz CT molecular complexity index is 377. The first kappa shape index (κ1) is 14.9. The molecular formula is C15H27N3S. The lowest BCUT2D eigenvalue weighted by Gasteiger charge is -2.19. The van der Waals surface area contributed by atoms with Crippen LogP contribution in [0.4, 0.5) is 0 Å². The molecule has 1 aliphatic rings. The summed E-state index contributed by atoms with van der Waals surface area (Å²) in [6.07, 6.45) is 5.62. The monoisotopic (exact) mass is 281 g/mol. The molecule has 1 saturated heterocycles. The van der Waals surface area contributed by atoms with Crippen LogP contribution in [0.5, 0.6) is 0 Å². The van der Waals surface area contributed by atoms with Crippen LogP contribution in [0.25, 0.3) is 0 Å². The molecule has 2 heterocycles. The molecular weight excluding hydrogens is 254 g/mol. The lowest BCUT2D eigenvalue weighted by molar-refractivity contribution is 0.416. The molecule has 0 aliphatic carbocycles. The average molecular weight is 281 g/mol. The van der Waals surface area contributed by atoms with Crippen molar-refractivity contribution in [3.05, 3.63) is 18.0 Å². The largest absolute Gasteiger partial charge is 0.313 e. The first-order chi connectivity index (χ1) is 9.24. The van der Waals surface area contributed by atoms with Crippen molar-refractivity contribution in [2.24, 2.45) is 5.92 Å². The summed E-state index contributed by atoms with van der Waals surface area (Å²) in [5.74, 6) is 3.28. The van der Waals surface area contributed by atoms with Crippen LogP contribution in [0, 0.1) is 5.92 Å². The summed E-state index contributed by atoms with van der Waals surface area (Å²) >= 11 is 2.08. The van der Waals surface area contributed by atoms with E-state index in [1.165, 1.54) is 23.6 Å². The van der Waals surface area contributed by atoms with Crippen molar-refractivity contribution in [2.75, 3.05) is 18.1 Å². The predicted molar refractivity (Wildman–Crippen MR) is 83.8 cm³/mol. The number of rotatable bonds is 7. The molecule has 1 aromatic rings. The van der Waals surface area contributed by atoms with E-state index in [9.17, 15) is 0 Å². The minimum absolute atomic E-state index is 0.515. The molecule has 0 saturated carbocycles. The summed E-state index contributed by atoms with van der Waals surface area (Å²) in [7, 11) is 0. The zero-order valence-corrected chi connectivity index (χ0v) is 13.2. The van der Waals surface area contributed by atoms with E-state index in [2.05, 4.69) is 54.8 Å². The van der Waals surface area contributed by atoms with Crippen molar-refractivity contribution < 1.29 is 0 Å². The van der Waals surface area contributed by atoms with Crippen molar-refractivity contribution in [3.8, 4) is 0 Å². The fourth-order valence-electron chi connectivity index (χ4n) is 2.54. The van der Waals surface area contributed by atoms with Gasteiger partial charge in [-0.3, -0.25) is 4.68 Å². The summed E-state index contributed by atoms with van der Waals surface area (Å²) in [6.45, 7) is 7.82. The second-order valence-electron chi connectivity index (χ2n) is 5.61. The van der Waals surface area contributed by atoms with Gasteiger partial charge in [-0.25, -0.2) is 0 Å². The molecule has 3 nitrogen and oxygen atoms in total. The standard InChI is InChI=1S/C15H27N3S/c1-4-7-16-15-11-19-10-13(15)9-14-6-8-18(17-14)12(3)5-2/h6,8,12-13,15-16H,4-5,7,9-11H2,1-3H3. The minimum atomic E-state index is 0.515. The van der Waals surface area contributed by atoms with Gasteiger partial charge >= 0.3 is 0 Å². The average Bonchev–Trinajstić information content (AvgIpc) is 3.05. The highest BCUT2D eigenvalue weighted by Gasteiger charge is 2.27. The molecule has 0 amide bonds. The summed E-state index contributed by atoms with van der Waals surface area (Å²) in [5, 5.41) is 8.43. The fraction of sp³-hybridized carbons (Fsp3) is 0.800. The van der Waals surface area contributed by atoms with Crippen molar-refractivity contribution in [2.45, 2.75) is 52.1 Å². The molecule has 0 bridgehead atoms. The second kappa shape index (κ2) is 7.34. The van der Waals surface area contributed by atoms with Gasteiger partial charge in [0.25, 0.3) is 0 Å². The molecule has 3 atom stereocenters. The van der Waals surface area contributed by atoms with Gasteiger partial charge in [0.05, 0.1) is 5.69 Å². The highest BCUT2D eigenvalue weighted by Crippen LogP contribution is 2.27. The quantitative estimate of drug-likeness (QED) is 0.833. The Morgan fingerprint density at radius 3 is 3.05 bits per heavy atom. The second-order valence-corrected chi connectivity index (χ2v) is 6.68. The molecule has 4 heteroatoms. The van der Waals surface area contributed by atoms with Crippen LogP contribution in [0.15, 0.2) is 12.3 Å². The third kappa shape index (κ3) is 3.99. The van der Waals surface area contributed by atoms with Gasteiger partial charge in [0.2, 0.25) is 0 Å². The van der Waals surface area contributed by atoms with Gasteiger partial charge in [-0.15, -0.1) is 0 Å². The highest BCUT2D eigenvalue weighted by molar-refractivity contribution is 7.99. The van der Waals surface area contributed by atoms with E-state index in [1.807, 2.05) is 0 Å². The highest BCUT2D eigenvalue weighted by atomic mass is 32.2. The SMILES string of the molecule is CCCNC1CSCC1Cc1ccn(C(C)CC)n1. The number of thioether (sulfide) groups is 1. The van der Waals surface area contributed by atoms with Crippen LogP contribution < -0.4 is 5.32 Å².